The largest absolute Gasteiger partial charge is 0.371 e. The van der Waals surface area contributed by atoms with Crippen LogP contribution in [0, 0.1) is 0 Å². The molecule has 26 heavy (non-hydrogen) atoms. The van der Waals surface area contributed by atoms with E-state index in [1.807, 2.05) is 44.2 Å². The summed E-state index contributed by atoms with van der Waals surface area (Å²) in [7, 11) is 0. The van der Waals surface area contributed by atoms with Gasteiger partial charge in [-0.05, 0) is 57.0 Å². The molecule has 2 N–H and O–H groups in total. The van der Waals surface area contributed by atoms with E-state index in [0.717, 1.165) is 31.6 Å². The van der Waals surface area contributed by atoms with Crippen molar-refractivity contribution in [3.05, 3.63) is 59.7 Å². The van der Waals surface area contributed by atoms with Crippen molar-refractivity contribution in [2.75, 3.05) is 23.3 Å². The molecule has 0 spiro atoms. The lowest BCUT2D eigenvalue weighted by atomic mass is 10.1. The molecule has 0 unspecified atom stereocenters. The summed E-state index contributed by atoms with van der Waals surface area (Å²) in [6.07, 6.45) is 2.27. The summed E-state index contributed by atoms with van der Waals surface area (Å²) in [5, 5.41) is 5.84. The SMILES string of the molecule is CC(C)NC(=O)c1cc(NC(=O)c2ccccc2)ccc1N1CCCC1. The van der Waals surface area contributed by atoms with E-state index in [1.54, 1.807) is 18.2 Å². The number of nitrogens with zero attached hydrogens (tertiary/aromatic N) is 1. The molecule has 2 aromatic rings. The number of amides is 2. The normalized spacial score (nSPS) is 13.7. The van der Waals surface area contributed by atoms with Crippen molar-refractivity contribution >= 4 is 23.2 Å². The lowest BCUT2D eigenvalue weighted by molar-refractivity contribution is 0.0942. The Labute approximate surface area is 154 Å². The molecule has 2 aromatic carbocycles. The highest BCUT2D eigenvalue weighted by molar-refractivity contribution is 6.06. The number of hydrogen-bond donors (Lipinski definition) is 2. The lowest BCUT2D eigenvalue weighted by Crippen LogP contribution is -2.32. The van der Waals surface area contributed by atoms with Crippen LogP contribution in [0.4, 0.5) is 11.4 Å². The van der Waals surface area contributed by atoms with Crippen molar-refractivity contribution in [3.63, 3.8) is 0 Å². The van der Waals surface area contributed by atoms with Crippen LogP contribution in [0.1, 0.15) is 47.4 Å². The first-order chi connectivity index (χ1) is 12.5. The summed E-state index contributed by atoms with van der Waals surface area (Å²) < 4.78 is 0. The third kappa shape index (κ3) is 4.23. The summed E-state index contributed by atoms with van der Waals surface area (Å²) in [6.45, 7) is 5.79. The second-order valence-electron chi connectivity index (χ2n) is 6.87. The molecule has 2 amide bonds. The summed E-state index contributed by atoms with van der Waals surface area (Å²) in [5.74, 6) is -0.299. The Balaban J connectivity index is 1.87. The summed E-state index contributed by atoms with van der Waals surface area (Å²) in [6, 6.07) is 14.7. The zero-order valence-electron chi connectivity index (χ0n) is 15.3. The van der Waals surface area contributed by atoms with Crippen molar-refractivity contribution < 1.29 is 9.59 Å². The van der Waals surface area contributed by atoms with Crippen LogP contribution in [0.2, 0.25) is 0 Å². The molecule has 5 nitrogen and oxygen atoms in total. The molecule has 0 aliphatic carbocycles. The van der Waals surface area contributed by atoms with Crippen molar-refractivity contribution in [1.29, 1.82) is 0 Å². The molecule has 0 aromatic heterocycles. The van der Waals surface area contributed by atoms with E-state index in [1.165, 1.54) is 0 Å². The van der Waals surface area contributed by atoms with Gasteiger partial charge in [0.1, 0.15) is 0 Å². The second-order valence-corrected chi connectivity index (χ2v) is 6.87. The third-order valence-electron chi connectivity index (χ3n) is 4.40. The van der Waals surface area contributed by atoms with Crippen LogP contribution >= 0.6 is 0 Å². The number of benzene rings is 2. The van der Waals surface area contributed by atoms with Gasteiger partial charge in [-0.15, -0.1) is 0 Å². The highest BCUT2D eigenvalue weighted by atomic mass is 16.2. The van der Waals surface area contributed by atoms with E-state index >= 15 is 0 Å². The Kier molecular flexibility index (Phi) is 5.56. The molecule has 1 aliphatic rings. The van der Waals surface area contributed by atoms with Gasteiger partial charge >= 0.3 is 0 Å². The predicted molar refractivity (Wildman–Crippen MR) is 105 cm³/mol. The van der Waals surface area contributed by atoms with E-state index in [9.17, 15) is 9.59 Å². The molecule has 1 heterocycles. The van der Waals surface area contributed by atoms with Crippen molar-refractivity contribution in [2.45, 2.75) is 32.7 Å². The Hall–Kier alpha value is -2.82. The molecule has 136 valence electrons. The lowest BCUT2D eigenvalue weighted by Gasteiger charge is -2.22. The smallest absolute Gasteiger partial charge is 0.255 e. The maximum Gasteiger partial charge on any atom is 0.255 e. The Morgan fingerprint density at radius 1 is 0.962 bits per heavy atom. The number of rotatable bonds is 5. The molecule has 3 rings (SSSR count). The Bertz CT molecular complexity index is 781. The average molecular weight is 351 g/mol. The maximum atomic E-state index is 12.7. The van der Waals surface area contributed by atoms with Crippen molar-refractivity contribution in [2.24, 2.45) is 0 Å². The molecule has 5 heteroatoms. The molecule has 0 saturated carbocycles. The standard InChI is InChI=1S/C21H25N3O2/c1-15(2)22-21(26)18-14-17(10-11-19(18)24-12-6-7-13-24)23-20(25)16-8-4-3-5-9-16/h3-5,8-11,14-15H,6-7,12-13H2,1-2H3,(H,22,26)(H,23,25). The number of hydrogen-bond acceptors (Lipinski definition) is 3. The van der Waals surface area contributed by atoms with Crippen LogP contribution in [0.25, 0.3) is 0 Å². The molecule has 1 aliphatic heterocycles. The quantitative estimate of drug-likeness (QED) is 0.864. The van der Waals surface area contributed by atoms with Gasteiger partial charge in [0.15, 0.2) is 0 Å². The van der Waals surface area contributed by atoms with Crippen molar-refractivity contribution in [1.82, 2.24) is 5.32 Å². The first kappa shape index (κ1) is 18.0. The van der Waals surface area contributed by atoms with Crippen LogP contribution in [0.15, 0.2) is 48.5 Å². The topological polar surface area (TPSA) is 61.4 Å². The van der Waals surface area contributed by atoms with Gasteiger partial charge in [-0.2, -0.15) is 0 Å². The molecular weight excluding hydrogens is 326 g/mol. The Morgan fingerprint density at radius 2 is 1.65 bits per heavy atom. The van der Waals surface area contributed by atoms with Gasteiger partial charge in [0, 0.05) is 36.1 Å². The molecular formula is C21H25N3O2. The van der Waals surface area contributed by atoms with Gasteiger partial charge in [-0.3, -0.25) is 9.59 Å². The average Bonchev–Trinajstić information content (AvgIpc) is 3.16. The maximum absolute atomic E-state index is 12.7. The number of nitrogens with one attached hydrogen (secondary N) is 2. The second kappa shape index (κ2) is 8.04. The number of carbonyl (C=O) groups is 2. The zero-order chi connectivity index (χ0) is 18.5. The monoisotopic (exact) mass is 351 g/mol. The zero-order valence-corrected chi connectivity index (χ0v) is 15.3. The van der Waals surface area contributed by atoms with E-state index < -0.39 is 0 Å². The van der Waals surface area contributed by atoms with Crippen molar-refractivity contribution in [3.8, 4) is 0 Å². The van der Waals surface area contributed by atoms with Crippen LogP contribution in [0.3, 0.4) is 0 Å². The fraction of sp³-hybridized carbons (Fsp3) is 0.333. The summed E-state index contributed by atoms with van der Waals surface area (Å²) in [4.78, 5) is 27.3. The third-order valence-corrected chi connectivity index (χ3v) is 4.40. The molecule has 1 fully saturated rings. The van der Waals surface area contributed by atoms with E-state index in [2.05, 4.69) is 15.5 Å². The highest BCUT2D eigenvalue weighted by Crippen LogP contribution is 2.28. The first-order valence-corrected chi connectivity index (χ1v) is 9.11. The van der Waals surface area contributed by atoms with Crippen LogP contribution in [0.5, 0.6) is 0 Å². The van der Waals surface area contributed by atoms with Gasteiger partial charge in [0.25, 0.3) is 11.8 Å². The minimum absolute atomic E-state index is 0.0523. The van der Waals surface area contributed by atoms with Gasteiger partial charge in [0.05, 0.1) is 5.56 Å². The molecule has 1 saturated heterocycles. The number of carbonyl (C=O) groups excluding carboxylic acids is 2. The van der Waals surface area contributed by atoms with Crippen LogP contribution < -0.4 is 15.5 Å². The molecule has 0 radical (unpaired) electrons. The predicted octanol–water partition coefficient (Wildman–Crippen LogP) is 3.68. The summed E-state index contributed by atoms with van der Waals surface area (Å²) >= 11 is 0. The number of anilines is 2. The molecule has 0 bridgehead atoms. The highest BCUT2D eigenvalue weighted by Gasteiger charge is 2.21. The Morgan fingerprint density at radius 3 is 2.31 bits per heavy atom. The fourth-order valence-corrected chi connectivity index (χ4v) is 3.16. The van der Waals surface area contributed by atoms with Gasteiger partial charge in [-0.25, -0.2) is 0 Å². The van der Waals surface area contributed by atoms with E-state index in [-0.39, 0.29) is 17.9 Å². The summed E-state index contributed by atoms with van der Waals surface area (Å²) in [5.41, 5.74) is 2.74. The van der Waals surface area contributed by atoms with Crippen LogP contribution in [-0.4, -0.2) is 30.9 Å². The van der Waals surface area contributed by atoms with Gasteiger partial charge in [-0.1, -0.05) is 18.2 Å². The minimum atomic E-state index is -0.185. The first-order valence-electron chi connectivity index (χ1n) is 9.11. The van der Waals surface area contributed by atoms with E-state index in [0.29, 0.717) is 16.8 Å². The van der Waals surface area contributed by atoms with Gasteiger partial charge < -0.3 is 15.5 Å². The van der Waals surface area contributed by atoms with Crippen LogP contribution in [-0.2, 0) is 0 Å². The van der Waals surface area contributed by atoms with Gasteiger partial charge in [0.2, 0.25) is 0 Å². The fourth-order valence-electron chi connectivity index (χ4n) is 3.16. The molecule has 0 atom stereocenters. The van der Waals surface area contributed by atoms with E-state index in [4.69, 9.17) is 0 Å². The minimum Gasteiger partial charge on any atom is -0.371 e.